The Morgan fingerprint density at radius 3 is 2.67 bits per heavy atom. The number of aliphatic hydroxyl groups is 1. The molecule has 0 aliphatic heterocycles. The zero-order valence-electron chi connectivity index (χ0n) is 13.3. The van der Waals surface area contributed by atoms with Crippen molar-refractivity contribution in [2.24, 2.45) is 5.73 Å². The number of nitrogens with two attached hydrogens (primary N) is 1. The van der Waals surface area contributed by atoms with Crippen LogP contribution in [0, 0.1) is 0 Å². The van der Waals surface area contributed by atoms with E-state index in [-0.39, 0.29) is 12.6 Å². The molecule has 116 valence electrons. The Labute approximate surface area is 129 Å². The van der Waals surface area contributed by atoms with Crippen molar-refractivity contribution in [3.05, 3.63) is 40.5 Å². The Morgan fingerprint density at radius 1 is 1.14 bits per heavy atom. The summed E-state index contributed by atoms with van der Waals surface area (Å²) in [4.78, 5) is 0. The summed E-state index contributed by atoms with van der Waals surface area (Å²) in [6, 6.07) is 6.57. The quantitative estimate of drug-likeness (QED) is 0.678. The summed E-state index contributed by atoms with van der Waals surface area (Å²) in [5, 5.41) is 9.17. The predicted octanol–water partition coefficient (Wildman–Crippen LogP) is 3.85. The van der Waals surface area contributed by atoms with Gasteiger partial charge in [0.15, 0.2) is 0 Å². The van der Waals surface area contributed by atoms with Crippen LogP contribution in [-0.2, 0) is 12.8 Å². The van der Waals surface area contributed by atoms with Crippen molar-refractivity contribution in [3.8, 4) is 0 Å². The van der Waals surface area contributed by atoms with Crippen molar-refractivity contribution in [2.75, 3.05) is 6.61 Å². The first-order valence-electron chi connectivity index (χ1n) is 8.43. The Kier molecular flexibility index (Phi) is 6.47. The number of aliphatic hydroxyl groups excluding tert-OH is 1. The summed E-state index contributed by atoms with van der Waals surface area (Å²) in [6.07, 6.45) is 12.3. The van der Waals surface area contributed by atoms with Crippen LogP contribution in [0.1, 0.15) is 62.1 Å². The zero-order valence-corrected chi connectivity index (χ0v) is 13.3. The highest BCUT2D eigenvalue weighted by atomic mass is 16.3. The predicted molar refractivity (Wildman–Crippen MR) is 90.3 cm³/mol. The molecule has 0 saturated carbocycles. The van der Waals surface area contributed by atoms with Crippen LogP contribution in [0.15, 0.2) is 23.8 Å². The molecule has 0 bridgehead atoms. The second-order valence-corrected chi connectivity index (χ2v) is 6.24. The minimum atomic E-state index is -0.209. The van der Waals surface area contributed by atoms with E-state index in [4.69, 9.17) is 10.8 Å². The van der Waals surface area contributed by atoms with Gasteiger partial charge >= 0.3 is 0 Å². The number of benzene rings is 1. The van der Waals surface area contributed by atoms with Crippen LogP contribution in [0.5, 0.6) is 0 Å². The van der Waals surface area contributed by atoms with Gasteiger partial charge in [0.1, 0.15) is 0 Å². The van der Waals surface area contributed by atoms with Crippen molar-refractivity contribution in [1.29, 1.82) is 0 Å². The number of aryl methyl sites for hydroxylation is 1. The van der Waals surface area contributed by atoms with Crippen molar-refractivity contribution >= 4 is 6.08 Å². The van der Waals surface area contributed by atoms with E-state index in [9.17, 15) is 0 Å². The summed E-state index contributed by atoms with van der Waals surface area (Å²) in [7, 11) is 0. The van der Waals surface area contributed by atoms with Crippen LogP contribution >= 0.6 is 0 Å². The molecule has 1 aromatic rings. The van der Waals surface area contributed by atoms with Gasteiger partial charge in [0.2, 0.25) is 0 Å². The van der Waals surface area contributed by atoms with E-state index in [1.165, 1.54) is 61.6 Å². The molecule has 0 saturated heterocycles. The summed E-state index contributed by atoms with van der Waals surface area (Å²) < 4.78 is 0. The second-order valence-electron chi connectivity index (χ2n) is 6.24. The molecular weight excluding hydrogens is 258 g/mol. The van der Waals surface area contributed by atoms with Crippen LogP contribution in [0.3, 0.4) is 0 Å². The maximum atomic E-state index is 9.17. The minimum Gasteiger partial charge on any atom is -0.394 e. The first-order chi connectivity index (χ1) is 10.2. The standard InChI is InChI=1S/C19H29NO/c1-2-3-4-5-6-7-8-15-9-10-16-12-18(19(20)14-21)13-17(16)11-15/h9-12,19,21H,2-8,13-14,20H2,1H3. The fourth-order valence-corrected chi connectivity index (χ4v) is 3.04. The molecule has 0 spiro atoms. The molecule has 3 N–H and O–H groups in total. The van der Waals surface area contributed by atoms with Gasteiger partial charge in [-0.2, -0.15) is 0 Å². The normalized spacial score (nSPS) is 14.9. The van der Waals surface area contributed by atoms with Gasteiger partial charge in [0.25, 0.3) is 0 Å². The number of fused-ring (bicyclic) bond motifs is 1. The average molecular weight is 287 g/mol. The first-order valence-corrected chi connectivity index (χ1v) is 8.43. The third-order valence-electron chi connectivity index (χ3n) is 4.43. The number of hydrogen-bond donors (Lipinski definition) is 2. The lowest BCUT2D eigenvalue weighted by Crippen LogP contribution is -2.26. The molecule has 2 heteroatoms. The summed E-state index contributed by atoms with van der Waals surface area (Å²) in [5.41, 5.74) is 11.2. The molecule has 1 aliphatic rings. The van der Waals surface area contributed by atoms with Gasteiger partial charge in [-0.3, -0.25) is 0 Å². The lowest BCUT2D eigenvalue weighted by Gasteiger charge is -2.09. The molecule has 21 heavy (non-hydrogen) atoms. The van der Waals surface area contributed by atoms with Crippen molar-refractivity contribution < 1.29 is 5.11 Å². The van der Waals surface area contributed by atoms with E-state index in [2.05, 4.69) is 31.2 Å². The van der Waals surface area contributed by atoms with E-state index in [0.717, 1.165) is 12.0 Å². The maximum Gasteiger partial charge on any atom is 0.0621 e. The fourth-order valence-electron chi connectivity index (χ4n) is 3.04. The molecular formula is C19H29NO. The van der Waals surface area contributed by atoms with Gasteiger partial charge in [-0.15, -0.1) is 0 Å². The van der Waals surface area contributed by atoms with E-state index < -0.39 is 0 Å². The molecule has 2 rings (SSSR count). The third kappa shape index (κ3) is 4.69. The molecule has 1 unspecified atom stereocenters. The lowest BCUT2D eigenvalue weighted by atomic mass is 10.00. The largest absolute Gasteiger partial charge is 0.394 e. The Balaban J connectivity index is 1.80. The van der Waals surface area contributed by atoms with E-state index in [1.807, 2.05) is 0 Å². The van der Waals surface area contributed by atoms with Crippen molar-refractivity contribution in [2.45, 2.75) is 64.3 Å². The number of rotatable bonds is 9. The molecule has 0 aromatic heterocycles. The highest BCUT2D eigenvalue weighted by Crippen LogP contribution is 2.27. The van der Waals surface area contributed by atoms with Gasteiger partial charge in [-0.1, -0.05) is 63.3 Å². The lowest BCUT2D eigenvalue weighted by molar-refractivity contribution is 0.279. The van der Waals surface area contributed by atoms with Crippen LogP contribution < -0.4 is 5.73 Å². The first kappa shape index (κ1) is 16.3. The third-order valence-corrected chi connectivity index (χ3v) is 4.43. The van der Waals surface area contributed by atoms with E-state index in [1.54, 1.807) is 0 Å². The van der Waals surface area contributed by atoms with Gasteiger partial charge in [0.05, 0.1) is 6.61 Å². The summed E-state index contributed by atoms with van der Waals surface area (Å²) in [6.45, 7) is 2.29. The second kappa shape index (κ2) is 8.35. The average Bonchev–Trinajstić information content (AvgIpc) is 2.93. The molecule has 0 radical (unpaired) electrons. The van der Waals surface area contributed by atoms with Crippen molar-refractivity contribution in [1.82, 2.24) is 0 Å². The van der Waals surface area contributed by atoms with Crippen molar-refractivity contribution in [3.63, 3.8) is 0 Å². The van der Waals surface area contributed by atoms with Crippen LogP contribution in [0.25, 0.3) is 6.08 Å². The van der Waals surface area contributed by atoms with Gasteiger partial charge < -0.3 is 10.8 Å². The molecule has 1 atom stereocenters. The van der Waals surface area contributed by atoms with Crippen LogP contribution in [0.2, 0.25) is 0 Å². The monoisotopic (exact) mass is 287 g/mol. The van der Waals surface area contributed by atoms with E-state index >= 15 is 0 Å². The summed E-state index contributed by atoms with van der Waals surface area (Å²) >= 11 is 0. The molecule has 0 heterocycles. The SMILES string of the molecule is CCCCCCCCc1ccc2c(c1)CC(C(N)CO)=C2. The van der Waals surface area contributed by atoms with Crippen LogP contribution in [0.4, 0.5) is 0 Å². The highest BCUT2D eigenvalue weighted by molar-refractivity contribution is 5.65. The Morgan fingerprint density at radius 2 is 1.90 bits per heavy atom. The molecule has 1 aromatic carbocycles. The molecule has 0 amide bonds. The fraction of sp³-hybridized carbons (Fsp3) is 0.579. The maximum absolute atomic E-state index is 9.17. The highest BCUT2D eigenvalue weighted by Gasteiger charge is 2.17. The molecule has 2 nitrogen and oxygen atoms in total. The zero-order chi connectivity index (χ0) is 15.1. The summed E-state index contributed by atoms with van der Waals surface area (Å²) in [5.74, 6) is 0. The topological polar surface area (TPSA) is 46.2 Å². The number of hydrogen-bond acceptors (Lipinski definition) is 2. The Hall–Kier alpha value is -1.12. The molecule has 1 aliphatic carbocycles. The van der Waals surface area contributed by atoms with E-state index in [0.29, 0.717) is 0 Å². The van der Waals surface area contributed by atoms with Gasteiger partial charge in [-0.05, 0) is 41.5 Å². The van der Waals surface area contributed by atoms with Gasteiger partial charge in [-0.25, -0.2) is 0 Å². The minimum absolute atomic E-state index is 0.0322. The number of unbranched alkanes of at least 4 members (excludes halogenated alkanes) is 5. The smallest absolute Gasteiger partial charge is 0.0621 e. The van der Waals surface area contributed by atoms with Crippen LogP contribution in [-0.4, -0.2) is 17.8 Å². The Bertz CT molecular complexity index is 478. The molecule has 0 fully saturated rings. The van der Waals surface area contributed by atoms with Gasteiger partial charge in [0, 0.05) is 6.04 Å².